The molecule has 0 amide bonds. The Bertz CT molecular complexity index is 528. The molecule has 21 heavy (non-hydrogen) atoms. The third-order valence-corrected chi connectivity index (χ3v) is 2.85. The molecule has 1 atom stereocenters. The van der Waals surface area contributed by atoms with Crippen LogP contribution in [0, 0.1) is 0 Å². The Balaban J connectivity index is 1.80. The molecule has 1 unspecified atom stereocenters. The van der Waals surface area contributed by atoms with Gasteiger partial charge in [-0.05, 0) is 26.0 Å². The van der Waals surface area contributed by atoms with Crippen LogP contribution in [0.3, 0.4) is 0 Å². The van der Waals surface area contributed by atoms with Gasteiger partial charge in [0, 0.05) is 37.2 Å². The van der Waals surface area contributed by atoms with E-state index in [9.17, 15) is 5.11 Å². The molecule has 2 aromatic rings. The molecule has 2 N–H and O–H groups in total. The zero-order chi connectivity index (χ0) is 15.1. The Morgan fingerprint density at radius 2 is 2.19 bits per heavy atom. The Labute approximate surface area is 124 Å². The molecule has 2 rings (SSSR count). The molecule has 0 saturated carbocycles. The van der Waals surface area contributed by atoms with Gasteiger partial charge in [-0.15, -0.1) is 0 Å². The van der Waals surface area contributed by atoms with Crippen LogP contribution >= 0.6 is 0 Å². The summed E-state index contributed by atoms with van der Waals surface area (Å²) < 4.78 is 7.37. The number of pyridine rings is 1. The highest BCUT2D eigenvalue weighted by atomic mass is 16.5. The quantitative estimate of drug-likeness (QED) is 0.765. The number of nitrogens with one attached hydrogen (secondary N) is 1. The van der Waals surface area contributed by atoms with Crippen molar-refractivity contribution in [2.24, 2.45) is 0 Å². The minimum absolute atomic E-state index is 0.0871. The van der Waals surface area contributed by atoms with Crippen molar-refractivity contribution in [3.05, 3.63) is 42.4 Å². The van der Waals surface area contributed by atoms with Crippen LogP contribution in [0.15, 0.2) is 36.8 Å². The first-order valence-electron chi connectivity index (χ1n) is 7.12. The number of aliphatic hydroxyl groups excluding tert-OH is 1. The van der Waals surface area contributed by atoms with Crippen LogP contribution in [0.4, 0.5) is 0 Å². The Kier molecular flexibility index (Phi) is 5.71. The summed E-state index contributed by atoms with van der Waals surface area (Å²) in [6.07, 6.45) is 4.85. The number of hydrogen-bond acceptors (Lipinski definition) is 5. The molecule has 0 aliphatic carbocycles. The molecule has 114 valence electrons. The van der Waals surface area contributed by atoms with Crippen LogP contribution < -0.4 is 10.1 Å². The lowest BCUT2D eigenvalue weighted by Crippen LogP contribution is -2.30. The second kappa shape index (κ2) is 7.75. The Hall–Kier alpha value is -1.92. The Morgan fingerprint density at radius 3 is 2.90 bits per heavy atom. The second-order valence-corrected chi connectivity index (χ2v) is 5.15. The zero-order valence-corrected chi connectivity index (χ0v) is 12.4. The molecular formula is C15H22N4O2. The van der Waals surface area contributed by atoms with Crippen LogP contribution in [0.25, 0.3) is 0 Å². The number of aliphatic hydroxyl groups is 1. The van der Waals surface area contributed by atoms with Gasteiger partial charge >= 0.3 is 0 Å². The fourth-order valence-corrected chi connectivity index (χ4v) is 1.95. The first-order valence-corrected chi connectivity index (χ1v) is 7.12. The Morgan fingerprint density at radius 1 is 1.33 bits per heavy atom. The summed E-state index contributed by atoms with van der Waals surface area (Å²) in [6, 6.07) is 5.69. The van der Waals surface area contributed by atoms with Gasteiger partial charge in [0.15, 0.2) is 0 Å². The standard InChI is InChI=1S/C15H22N4O2/c1-12(2)21-15-13(5-3-6-17-15)9-16-10-14(20)11-19-8-4-7-18-19/h3-8,12,14,16,20H,9-11H2,1-2H3. The van der Waals surface area contributed by atoms with Gasteiger partial charge in [-0.3, -0.25) is 4.68 Å². The van der Waals surface area contributed by atoms with Gasteiger partial charge in [0.05, 0.1) is 18.8 Å². The van der Waals surface area contributed by atoms with Crippen molar-refractivity contribution in [3.8, 4) is 5.88 Å². The lowest BCUT2D eigenvalue weighted by Gasteiger charge is -2.15. The third-order valence-electron chi connectivity index (χ3n) is 2.85. The molecule has 0 bridgehead atoms. The second-order valence-electron chi connectivity index (χ2n) is 5.15. The number of ether oxygens (including phenoxy) is 1. The van der Waals surface area contributed by atoms with Crippen molar-refractivity contribution < 1.29 is 9.84 Å². The molecule has 0 aromatic carbocycles. The third kappa shape index (κ3) is 5.17. The van der Waals surface area contributed by atoms with Crippen LogP contribution in [-0.2, 0) is 13.1 Å². The SMILES string of the molecule is CC(C)Oc1ncccc1CNCC(O)Cn1cccn1. The molecule has 0 aliphatic heterocycles. The lowest BCUT2D eigenvalue weighted by atomic mass is 10.2. The first-order chi connectivity index (χ1) is 10.1. The smallest absolute Gasteiger partial charge is 0.218 e. The van der Waals surface area contributed by atoms with Gasteiger partial charge in [0.2, 0.25) is 5.88 Å². The summed E-state index contributed by atoms with van der Waals surface area (Å²) >= 11 is 0. The largest absolute Gasteiger partial charge is 0.475 e. The van der Waals surface area contributed by atoms with E-state index in [-0.39, 0.29) is 6.10 Å². The summed E-state index contributed by atoms with van der Waals surface area (Å²) in [5.41, 5.74) is 0.984. The van der Waals surface area contributed by atoms with Crippen molar-refractivity contribution in [1.82, 2.24) is 20.1 Å². The van der Waals surface area contributed by atoms with Gasteiger partial charge in [0.1, 0.15) is 0 Å². The maximum atomic E-state index is 9.94. The molecule has 0 saturated heterocycles. The van der Waals surface area contributed by atoms with Crippen molar-refractivity contribution >= 4 is 0 Å². The van der Waals surface area contributed by atoms with Gasteiger partial charge < -0.3 is 15.2 Å². The molecule has 0 aliphatic rings. The zero-order valence-electron chi connectivity index (χ0n) is 12.4. The van der Waals surface area contributed by atoms with Gasteiger partial charge in [-0.1, -0.05) is 6.07 Å². The average molecular weight is 290 g/mol. The minimum Gasteiger partial charge on any atom is -0.475 e. The van der Waals surface area contributed by atoms with Crippen molar-refractivity contribution in [3.63, 3.8) is 0 Å². The van der Waals surface area contributed by atoms with Gasteiger partial charge in [0.25, 0.3) is 0 Å². The molecule has 2 heterocycles. The van der Waals surface area contributed by atoms with E-state index in [2.05, 4.69) is 15.4 Å². The first kappa shape index (κ1) is 15.5. The maximum absolute atomic E-state index is 9.94. The maximum Gasteiger partial charge on any atom is 0.218 e. The van der Waals surface area contributed by atoms with Crippen LogP contribution in [0.1, 0.15) is 19.4 Å². The fraction of sp³-hybridized carbons (Fsp3) is 0.467. The van der Waals surface area contributed by atoms with Crippen molar-refractivity contribution in [2.45, 2.75) is 39.1 Å². The summed E-state index contributed by atoms with van der Waals surface area (Å²) in [7, 11) is 0. The number of aromatic nitrogens is 3. The molecule has 2 aromatic heterocycles. The summed E-state index contributed by atoms with van der Waals surface area (Å²) in [4.78, 5) is 4.24. The van der Waals surface area contributed by atoms with Crippen molar-refractivity contribution in [2.75, 3.05) is 6.54 Å². The van der Waals surface area contributed by atoms with Crippen LogP contribution in [-0.4, -0.2) is 38.6 Å². The lowest BCUT2D eigenvalue weighted by molar-refractivity contribution is 0.146. The van der Waals surface area contributed by atoms with Crippen LogP contribution in [0.2, 0.25) is 0 Å². The van der Waals surface area contributed by atoms with E-state index in [4.69, 9.17) is 4.74 Å². The van der Waals surface area contributed by atoms with E-state index >= 15 is 0 Å². The van der Waals surface area contributed by atoms with E-state index in [1.165, 1.54) is 0 Å². The predicted octanol–water partition coefficient (Wildman–Crippen LogP) is 1.22. The molecule has 6 nitrogen and oxygen atoms in total. The minimum atomic E-state index is -0.490. The summed E-state index contributed by atoms with van der Waals surface area (Å²) in [6.45, 7) is 5.50. The van der Waals surface area contributed by atoms with E-state index in [1.54, 1.807) is 17.1 Å². The fourth-order valence-electron chi connectivity index (χ4n) is 1.95. The summed E-state index contributed by atoms with van der Waals surface area (Å²) in [5, 5.41) is 17.2. The van der Waals surface area contributed by atoms with E-state index in [0.29, 0.717) is 25.5 Å². The topological polar surface area (TPSA) is 72.2 Å². The normalized spacial score (nSPS) is 12.6. The molecule has 0 radical (unpaired) electrons. The van der Waals surface area contributed by atoms with Gasteiger partial charge in [-0.2, -0.15) is 5.10 Å². The summed E-state index contributed by atoms with van der Waals surface area (Å²) in [5.74, 6) is 0.640. The average Bonchev–Trinajstić information content (AvgIpc) is 2.93. The highest BCUT2D eigenvalue weighted by Crippen LogP contribution is 2.15. The number of rotatable bonds is 8. The molecule has 0 spiro atoms. The molecule has 0 fully saturated rings. The molecular weight excluding hydrogens is 268 g/mol. The van der Waals surface area contributed by atoms with E-state index < -0.39 is 6.10 Å². The van der Waals surface area contributed by atoms with Gasteiger partial charge in [-0.25, -0.2) is 4.98 Å². The number of hydrogen-bond donors (Lipinski definition) is 2. The van der Waals surface area contributed by atoms with Crippen LogP contribution in [0.5, 0.6) is 5.88 Å². The monoisotopic (exact) mass is 290 g/mol. The number of nitrogens with zero attached hydrogens (tertiary/aromatic N) is 3. The highest BCUT2D eigenvalue weighted by molar-refractivity contribution is 5.25. The van der Waals surface area contributed by atoms with E-state index in [0.717, 1.165) is 5.56 Å². The molecule has 6 heteroatoms. The van der Waals surface area contributed by atoms with Crippen molar-refractivity contribution in [1.29, 1.82) is 0 Å². The highest BCUT2D eigenvalue weighted by Gasteiger charge is 2.08. The van der Waals surface area contributed by atoms with E-state index in [1.807, 2.05) is 38.2 Å². The predicted molar refractivity (Wildman–Crippen MR) is 79.9 cm³/mol.